The SMILES string of the molecule is CC(C)(C)C(=CC(=O)OCc1ccccc1)N1C(=O)C2(CCNCC2)c2c(Cl)cccc21. The lowest BCUT2D eigenvalue weighted by atomic mass is 9.74. The molecule has 2 aliphatic heterocycles. The number of ether oxygens (including phenoxy) is 1. The fraction of sp³-hybridized carbons (Fsp3) is 0.385. The van der Waals surface area contributed by atoms with E-state index in [2.05, 4.69) is 5.32 Å². The van der Waals surface area contributed by atoms with Gasteiger partial charge in [0.05, 0.1) is 11.1 Å². The minimum Gasteiger partial charge on any atom is -0.458 e. The standard InChI is InChI=1S/C26H29ClN2O3/c1-25(2,3)21(16-22(30)32-17-18-8-5-4-6-9-18)29-20-11-7-10-19(27)23(20)26(24(29)31)12-14-28-15-13-26/h4-11,16,28H,12-15,17H2,1-3H3. The highest BCUT2D eigenvalue weighted by Crippen LogP contribution is 2.52. The second kappa shape index (κ2) is 8.72. The Hall–Kier alpha value is -2.63. The molecule has 6 heteroatoms. The number of esters is 1. The van der Waals surface area contributed by atoms with Crippen LogP contribution in [0.4, 0.5) is 5.69 Å². The molecule has 1 saturated heterocycles. The van der Waals surface area contributed by atoms with E-state index in [0.29, 0.717) is 23.6 Å². The van der Waals surface area contributed by atoms with Crippen molar-refractivity contribution in [3.8, 4) is 0 Å². The predicted octanol–water partition coefficient (Wildman–Crippen LogP) is 4.98. The first-order valence-electron chi connectivity index (χ1n) is 11.0. The van der Waals surface area contributed by atoms with Gasteiger partial charge >= 0.3 is 5.97 Å². The minimum absolute atomic E-state index is 0.0147. The molecule has 168 valence electrons. The van der Waals surface area contributed by atoms with E-state index in [0.717, 1.165) is 29.9 Å². The number of fused-ring (bicyclic) bond motifs is 2. The third-order valence-electron chi connectivity index (χ3n) is 6.27. The van der Waals surface area contributed by atoms with E-state index in [1.807, 2.05) is 69.3 Å². The van der Waals surface area contributed by atoms with Crippen LogP contribution < -0.4 is 10.2 Å². The van der Waals surface area contributed by atoms with Crippen molar-refractivity contribution < 1.29 is 14.3 Å². The van der Waals surface area contributed by atoms with Crippen molar-refractivity contribution in [1.82, 2.24) is 5.32 Å². The first-order chi connectivity index (χ1) is 15.2. The fourth-order valence-electron chi connectivity index (χ4n) is 4.66. The molecule has 0 bridgehead atoms. The molecule has 2 heterocycles. The Kier molecular flexibility index (Phi) is 6.15. The molecule has 1 spiro atoms. The number of benzene rings is 2. The van der Waals surface area contributed by atoms with Gasteiger partial charge in [-0.15, -0.1) is 0 Å². The number of halogens is 1. The van der Waals surface area contributed by atoms with Crippen LogP contribution in [0.2, 0.25) is 5.02 Å². The summed E-state index contributed by atoms with van der Waals surface area (Å²) < 4.78 is 5.51. The second-order valence-electron chi connectivity index (χ2n) is 9.48. The Bertz CT molecular complexity index is 1050. The Morgan fingerprint density at radius 3 is 2.47 bits per heavy atom. The quantitative estimate of drug-likeness (QED) is 0.525. The van der Waals surface area contributed by atoms with Gasteiger partial charge in [0.1, 0.15) is 6.61 Å². The Morgan fingerprint density at radius 1 is 1.12 bits per heavy atom. The third-order valence-corrected chi connectivity index (χ3v) is 6.58. The maximum Gasteiger partial charge on any atom is 0.332 e. The minimum atomic E-state index is -0.669. The van der Waals surface area contributed by atoms with Gasteiger partial charge in [0.15, 0.2) is 0 Å². The van der Waals surface area contributed by atoms with Crippen LogP contribution in [0.1, 0.15) is 44.7 Å². The first-order valence-corrected chi connectivity index (χ1v) is 11.4. The highest BCUT2D eigenvalue weighted by atomic mass is 35.5. The zero-order valence-corrected chi connectivity index (χ0v) is 19.5. The average Bonchev–Trinajstić information content (AvgIpc) is 3.00. The molecule has 0 atom stereocenters. The summed E-state index contributed by atoms with van der Waals surface area (Å²) >= 11 is 6.65. The number of rotatable bonds is 4. The molecular weight excluding hydrogens is 424 g/mol. The molecule has 2 aromatic rings. The maximum atomic E-state index is 14.0. The maximum absolute atomic E-state index is 14.0. The topological polar surface area (TPSA) is 58.6 Å². The van der Waals surface area contributed by atoms with Crippen molar-refractivity contribution in [2.45, 2.75) is 45.6 Å². The molecule has 2 aromatic carbocycles. The number of amides is 1. The molecule has 0 aliphatic carbocycles. The van der Waals surface area contributed by atoms with Crippen LogP contribution in [0, 0.1) is 5.41 Å². The number of nitrogens with one attached hydrogen (secondary N) is 1. The molecule has 0 radical (unpaired) electrons. The van der Waals surface area contributed by atoms with E-state index >= 15 is 0 Å². The van der Waals surface area contributed by atoms with Crippen molar-refractivity contribution in [2.75, 3.05) is 18.0 Å². The van der Waals surface area contributed by atoms with Crippen LogP contribution in [0.15, 0.2) is 60.3 Å². The van der Waals surface area contributed by atoms with E-state index in [9.17, 15) is 9.59 Å². The highest BCUT2D eigenvalue weighted by molar-refractivity contribution is 6.33. The smallest absolute Gasteiger partial charge is 0.332 e. The average molecular weight is 453 g/mol. The van der Waals surface area contributed by atoms with Crippen molar-refractivity contribution in [3.63, 3.8) is 0 Å². The Morgan fingerprint density at radius 2 is 1.81 bits per heavy atom. The molecule has 2 aliphatic rings. The fourth-order valence-corrected chi connectivity index (χ4v) is 5.01. The van der Waals surface area contributed by atoms with Gasteiger partial charge in [0.2, 0.25) is 5.91 Å². The van der Waals surface area contributed by atoms with Gasteiger partial charge in [-0.1, -0.05) is 68.8 Å². The van der Waals surface area contributed by atoms with E-state index in [1.54, 1.807) is 4.90 Å². The summed E-state index contributed by atoms with van der Waals surface area (Å²) in [4.78, 5) is 28.5. The van der Waals surface area contributed by atoms with Crippen molar-refractivity contribution in [3.05, 3.63) is 76.5 Å². The van der Waals surface area contributed by atoms with Crippen LogP contribution in [0.3, 0.4) is 0 Å². The second-order valence-corrected chi connectivity index (χ2v) is 9.89. The van der Waals surface area contributed by atoms with E-state index in [4.69, 9.17) is 16.3 Å². The number of anilines is 1. The summed E-state index contributed by atoms with van der Waals surface area (Å²) in [5, 5.41) is 3.94. The molecular formula is C26H29ClN2O3. The zero-order chi connectivity index (χ0) is 22.9. The lowest BCUT2D eigenvalue weighted by Crippen LogP contribution is -2.48. The summed E-state index contributed by atoms with van der Waals surface area (Å²) in [6, 6.07) is 15.2. The van der Waals surface area contributed by atoms with E-state index < -0.39 is 16.8 Å². The number of hydrogen-bond acceptors (Lipinski definition) is 4. The normalized spacial score (nSPS) is 18.1. The van der Waals surface area contributed by atoms with Gasteiger partial charge in [-0.2, -0.15) is 0 Å². The van der Waals surface area contributed by atoms with Crippen LogP contribution in [0.25, 0.3) is 0 Å². The van der Waals surface area contributed by atoms with Gasteiger partial charge in [-0.25, -0.2) is 4.79 Å². The molecule has 0 aromatic heterocycles. The molecule has 1 fully saturated rings. The van der Waals surface area contributed by atoms with Gasteiger partial charge in [-0.3, -0.25) is 9.69 Å². The Balaban J connectivity index is 1.72. The first kappa shape index (κ1) is 22.6. The molecule has 4 rings (SSSR count). The summed E-state index contributed by atoms with van der Waals surface area (Å²) in [6.45, 7) is 7.66. The summed E-state index contributed by atoms with van der Waals surface area (Å²) in [5.74, 6) is -0.486. The van der Waals surface area contributed by atoms with Crippen LogP contribution in [0.5, 0.6) is 0 Å². The van der Waals surface area contributed by atoms with E-state index in [-0.39, 0.29) is 12.5 Å². The van der Waals surface area contributed by atoms with Crippen LogP contribution >= 0.6 is 11.6 Å². The molecule has 0 saturated carbocycles. The molecule has 1 amide bonds. The monoisotopic (exact) mass is 452 g/mol. The lowest BCUT2D eigenvalue weighted by Gasteiger charge is -2.35. The van der Waals surface area contributed by atoms with Crippen molar-refractivity contribution in [1.29, 1.82) is 0 Å². The number of nitrogens with zero attached hydrogens (tertiary/aromatic N) is 1. The molecule has 0 unspecified atom stereocenters. The van der Waals surface area contributed by atoms with Crippen molar-refractivity contribution in [2.24, 2.45) is 5.41 Å². The summed E-state index contributed by atoms with van der Waals surface area (Å²) in [6.07, 6.45) is 2.81. The molecule has 1 N–H and O–H groups in total. The zero-order valence-electron chi connectivity index (χ0n) is 18.8. The number of carbonyl (C=O) groups excluding carboxylic acids is 2. The number of hydrogen-bond donors (Lipinski definition) is 1. The van der Waals surface area contributed by atoms with Crippen LogP contribution in [-0.4, -0.2) is 25.0 Å². The third kappa shape index (κ3) is 4.07. The number of allylic oxidation sites excluding steroid dienone is 1. The van der Waals surface area contributed by atoms with Crippen LogP contribution in [-0.2, 0) is 26.3 Å². The van der Waals surface area contributed by atoms with Gasteiger partial charge < -0.3 is 10.1 Å². The van der Waals surface area contributed by atoms with E-state index in [1.165, 1.54) is 6.08 Å². The number of carbonyl (C=O) groups is 2. The van der Waals surface area contributed by atoms with Gasteiger partial charge in [0.25, 0.3) is 0 Å². The van der Waals surface area contributed by atoms with Crippen molar-refractivity contribution >= 4 is 29.2 Å². The summed E-state index contributed by atoms with van der Waals surface area (Å²) in [5.41, 5.74) is 2.02. The lowest BCUT2D eigenvalue weighted by molar-refractivity contribution is -0.139. The van der Waals surface area contributed by atoms with Gasteiger partial charge in [-0.05, 0) is 43.6 Å². The predicted molar refractivity (Wildman–Crippen MR) is 126 cm³/mol. The molecule has 32 heavy (non-hydrogen) atoms. The number of piperidine rings is 1. The molecule has 5 nitrogen and oxygen atoms in total. The highest BCUT2D eigenvalue weighted by Gasteiger charge is 2.54. The largest absolute Gasteiger partial charge is 0.458 e. The van der Waals surface area contributed by atoms with Gasteiger partial charge in [0, 0.05) is 27.8 Å². The Labute approximate surface area is 194 Å². The summed E-state index contributed by atoms with van der Waals surface area (Å²) in [7, 11) is 0.